The smallest absolute Gasteiger partial charge is 0.0410 e. The van der Waals surface area contributed by atoms with Crippen LogP contribution in [-0.4, -0.2) is 31.1 Å². The number of nitrogens with one attached hydrogen (secondary N) is 1. The van der Waals surface area contributed by atoms with Crippen molar-refractivity contribution in [3.05, 3.63) is 33.3 Å². The summed E-state index contributed by atoms with van der Waals surface area (Å²) in [4.78, 5) is 2.58. The number of rotatable bonds is 6. The lowest BCUT2D eigenvalue weighted by Gasteiger charge is -2.30. The summed E-state index contributed by atoms with van der Waals surface area (Å²) in [6.45, 7) is 7.94. The number of hydrogen-bond acceptors (Lipinski definition) is 2. The van der Waals surface area contributed by atoms with Gasteiger partial charge in [-0.3, -0.25) is 4.90 Å². The minimum absolute atomic E-state index is 0.821. The van der Waals surface area contributed by atoms with Gasteiger partial charge in [-0.15, -0.1) is 0 Å². The first-order valence-electron chi connectivity index (χ1n) is 7.56. The van der Waals surface area contributed by atoms with Gasteiger partial charge in [-0.1, -0.05) is 34.5 Å². The zero-order chi connectivity index (χ0) is 14.4. The predicted molar refractivity (Wildman–Crippen MR) is 90.3 cm³/mol. The molecule has 1 saturated heterocycles. The Balaban J connectivity index is 1.98. The van der Waals surface area contributed by atoms with Crippen molar-refractivity contribution in [2.24, 2.45) is 5.92 Å². The van der Waals surface area contributed by atoms with Crippen molar-refractivity contribution in [3.8, 4) is 0 Å². The second-order valence-corrected chi connectivity index (χ2v) is 6.95. The van der Waals surface area contributed by atoms with E-state index in [9.17, 15) is 0 Å². The second kappa shape index (κ2) is 8.38. The molecule has 1 aliphatic rings. The third-order valence-electron chi connectivity index (χ3n) is 3.92. The van der Waals surface area contributed by atoms with Crippen LogP contribution in [0, 0.1) is 5.92 Å². The van der Waals surface area contributed by atoms with Crippen molar-refractivity contribution in [1.29, 1.82) is 0 Å². The summed E-state index contributed by atoms with van der Waals surface area (Å²) in [6, 6.07) is 6.06. The Morgan fingerprint density at radius 2 is 2.10 bits per heavy atom. The van der Waals surface area contributed by atoms with Gasteiger partial charge < -0.3 is 5.32 Å². The molecule has 112 valence electrons. The third-order valence-corrected chi connectivity index (χ3v) is 4.93. The molecule has 2 rings (SSSR count). The molecular weight excluding hydrogens is 336 g/mol. The van der Waals surface area contributed by atoms with Crippen LogP contribution in [0.1, 0.15) is 31.7 Å². The minimum Gasteiger partial charge on any atom is -0.317 e. The van der Waals surface area contributed by atoms with E-state index < -0.39 is 0 Å². The van der Waals surface area contributed by atoms with E-state index in [0.29, 0.717) is 0 Å². The van der Waals surface area contributed by atoms with Gasteiger partial charge in [0.05, 0.1) is 0 Å². The summed E-state index contributed by atoms with van der Waals surface area (Å²) in [7, 11) is 0. The van der Waals surface area contributed by atoms with Gasteiger partial charge in [0.25, 0.3) is 0 Å². The average Bonchev–Trinajstić information content (AvgIpc) is 2.44. The molecule has 1 aromatic carbocycles. The van der Waals surface area contributed by atoms with Gasteiger partial charge in [-0.2, -0.15) is 0 Å². The van der Waals surface area contributed by atoms with Crippen LogP contribution >= 0.6 is 27.5 Å². The first-order chi connectivity index (χ1) is 9.69. The molecule has 0 atom stereocenters. The second-order valence-electron chi connectivity index (χ2n) is 5.66. The van der Waals surface area contributed by atoms with Crippen LogP contribution in [0.25, 0.3) is 0 Å². The molecule has 0 saturated carbocycles. The Morgan fingerprint density at radius 1 is 1.35 bits per heavy atom. The lowest BCUT2D eigenvalue weighted by Crippen LogP contribution is -2.36. The van der Waals surface area contributed by atoms with Crippen LogP contribution in [0.2, 0.25) is 5.02 Å². The van der Waals surface area contributed by atoms with E-state index in [2.05, 4.69) is 39.1 Å². The fourth-order valence-corrected chi connectivity index (χ4v) is 3.45. The molecular formula is C16H24BrClN2. The highest BCUT2D eigenvalue weighted by molar-refractivity contribution is 9.10. The molecule has 1 aromatic rings. The first kappa shape index (κ1) is 16.3. The van der Waals surface area contributed by atoms with Crippen molar-refractivity contribution < 1.29 is 0 Å². The Labute approximate surface area is 136 Å². The molecule has 0 amide bonds. The van der Waals surface area contributed by atoms with Crippen molar-refractivity contribution >= 4 is 27.5 Å². The van der Waals surface area contributed by atoms with E-state index in [0.717, 1.165) is 28.5 Å². The molecule has 1 fully saturated rings. The normalized spacial score (nSPS) is 16.8. The van der Waals surface area contributed by atoms with Crippen molar-refractivity contribution in [3.63, 3.8) is 0 Å². The van der Waals surface area contributed by atoms with Crippen LogP contribution < -0.4 is 5.32 Å². The number of halogens is 2. The lowest BCUT2D eigenvalue weighted by molar-refractivity contribution is 0.198. The third kappa shape index (κ3) is 5.03. The van der Waals surface area contributed by atoms with Crippen LogP contribution in [0.3, 0.4) is 0 Å². The lowest BCUT2D eigenvalue weighted by atomic mass is 9.97. The molecule has 4 heteroatoms. The van der Waals surface area contributed by atoms with E-state index in [1.54, 1.807) is 0 Å². The van der Waals surface area contributed by atoms with Crippen LogP contribution in [0.5, 0.6) is 0 Å². The Kier molecular flexibility index (Phi) is 6.82. The fraction of sp³-hybridized carbons (Fsp3) is 0.625. The highest BCUT2D eigenvalue weighted by Crippen LogP contribution is 2.24. The van der Waals surface area contributed by atoms with Gasteiger partial charge in [0.1, 0.15) is 0 Å². The van der Waals surface area contributed by atoms with Crippen molar-refractivity contribution in [2.45, 2.75) is 32.7 Å². The van der Waals surface area contributed by atoms with Gasteiger partial charge in [0, 0.05) is 22.6 Å². The largest absolute Gasteiger partial charge is 0.317 e. The zero-order valence-corrected chi connectivity index (χ0v) is 14.5. The summed E-state index contributed by atoms with van der Waals surface area (Å²) in [5.74, 6) is 0.834. The number of nitrogens with zero attached hydrogens (tertiary/aromatic N) is 1. The van der Waals surface area contributed by atoms with E-state index in [4.69, 9.17) is 11.6 Å². The number of benzene rings is 1. The SMILES string of the molecule is CCCN(Cc1cc(Cl)ccc1Br)CC1CCNCC1. The summed E-state index contributed by atoms with van der Waals surface area (Å²) in [5, 5.41) is 4.26. The van der Waals surface area contributed by atoms with Crippen molar-refractivity contribution in [2.75, 3.05) is 26.2 Å². The van der Waals surface area contributed by atoms with Crippen LogP contribution in [0.4, 0.5) is 0 Å². The van der Waals surface area contributed by atoms with E-state index in [1.807, 2.05) is 12.1 Å². The van der Waals surface area contributed by atoms with Gasteiger partial charge >= 0.3 is 0 Å². The topological polar surface area (TPSA) is 15.3 Å². The Hall–Kier alpha value is -0.0900. The Bertz CT molecular complexity index is 419. The number of piperidine rings is 1. The molecule has 0 unspecified atom stereocenters. The summed E-state index contributed by atoms with van der Waals surface area (Å²) < 4.78 is 1.16. The molecule has 2 nitrogen and oxygen atoms in total. The highest BCUT2D eigenvalue weighted by Gasteiger charge is 2.17. The van der Waals surface area contributed by atoms with Crippen LogP contribution in [-0.2, 0) is 6.54 Å². The van der Waals surface area contributed by atoms with Crippen molar-refractivity contribution in [1.82, 2.24) is 10.2 Å². The summed E-state index contributed by atoms with van der Waals surface area (Å²) >= 11 is 9.76. The minimum atomic E-state index is 0.821. The first-order valence-corrected chi connectivity index (χ1v) is 8.73. The zero-order valence-electron chi connectivity index (χ0n) is 12.2. The van der Waals surface area contributed by atoms with Gasteiger partial charge in [-0.25, -0.2) is 0 Å². The standard InChI is InChI=1S/C16H24BrClN2/c1-2-9-20(11-13-5-7-19-8-6-13)12-14-10-15(18)3-4-16(14)17/h3-4,10,13,19H,2,5-9,11-12H2,1H3. The van der Waals surface area contributed by atoms with E-state index in [1.165, 1.54) is 44.5 Å². The quantitative estimate of drug-likeness (QED) is 0.814. The molecule has 0 aromatic heterocycles. The monoisotopic (exact) mass is 358 g/mol. The molecule has 0 spiro atoms. The molecule has 1 N–H and O–H groups in total. The van der Waals surface area contributed by atoms with E-state index >= 15 is 0 Å². The summed E-state index contributed by atoms with van der Waals surface area (Å²) in [5.41, 5.74) is 1.29. The predicted octanol–water partition coefficient (Wildman–Crippen LogP) is 4.31. The molecule has 1 heterocycles. The number of hydrogen-bond donors (Lipinski definition) is 1. The maximum atomic E-state index is 6.12. The Morgan fingerprint density at radius 3 is 2.80 bits per heavy atom. The van der Waals surface area contributed by atoms with Gasteiger partial charge in [-0.05, 0) is 68.6 Å². The van der Waals surface area contributed by atoms with Crippen LogP contribution in [0.15, 0.2) is 22.7 Å². The molecule has 0 radical (unpaired) electrons. The van der Waals surface area contributed by atoms with E-state index in [-0.39, 0.29) is 0 Å². The molecule has 0 aliphatic carbocycles. The molecule has 20 heavy (non-hydrogen) atoms. The summed E-state index contributed by atoms with van der Waals surface area (Å²) in [6.07, 6.45) is 3.80. The molecule has 1 aliphatic heterocycles. The maximum absolute atomic E-state index is 6.12. The van der Waals surface area contributed by atoms with Gasteiger partial charge in [0.2, 0.25) is 0 Å². The maximum Gasteiger partial charge on any atom is 0.0410 e. The molecule has 0 bridgehead atoms. The average molecular weight is 360 g/mol. The van der Waals surface area contributed by atoms with Gasteiger partial charge in [0.15, 0.2) is 0 Å². The highest BCUT2D eigenvalue weighted by atomic mass is 79.9. The fourth-order valence-electron chi connectivity index (χ4n) is 2.89.